The van der Waals surface area contributed by atoms with Crippen LogP contribution in [0.3, 0.4) is 0 Å². The summed E-state index contributed by atoms with van der Waals surface area (Å²) in [5.74, 6) is 0.457. The summed E-state index contributed by atoms with van der Waals surface area (Å²) < 4.78 is 21.7. The first-order chi connectivity index (χ1) is 17.5. The zero-order valence-electron chi connectivity index (χ0n) is 20.6. The van der Waals surface area contributed by atoms with E-state index < -0.39 is 0 Å². The number of carbonyl (C=O) groups is 1. The number of halogens is 1. The van der Waals surface area contributed by atoms with Gasteiger partial charge in [-0.15, -0.1) is 0 Å². The molecule has 36 heavy (non-hydrogen) atoms. The largest absolute Gasteiger partial charge is 0.494 e. The molecule has 2 N–H and O–H groups in total. The quantitative estimate of drug-likeness (QED) is 0.423. The highest BCUT2D eigenvalue weighted by Gasteiger charge is 2.21. The number of hydrogen-bond acceptors (Lipinski definition) is 6. The molecule has 3 heterocycles. The van der Waals surface area contributed by atoms with Gasteiger partial charge in [0.2, 0.25) is 0 Å². The van der Waals surface area contributed by atoms with E-state index in [1.807, 2.05) is 40.5 Å². The highest BCUT2D eigenvalue weighted by molar-refractivity contribution is 5.96. The maximum Gasteiger partial charge on any atom is 0.254 e. The van der Waals surface area contributed by atoms with Crippen molar-refractivity contribution in [2.45, 2.75) is 20.3 Å². The monoisotopic (exact) mass is 488 g/mol. The highest BCUT2D eigenvalue weighted by atomic mass is 19.1. The standard InChI is InChI=1S/C27H29FN6O2/c1-4-18-15-19(5-6-21(18)27(35)33-12-9-29-10-13-33)32-25-26-31-16-22(34(26)14-11-30-25)20-7-8-23(36-3)24(28)17(20)2/h5-8,11,14-16,29H,4,9-10,12-13H2,1-3H3,(H,30,32). The predicted octanol–water partition coefficient (Wildman–Crippen LogP) is 4.20. The minimum Gasteiger partial charge on any atom is -0.494 e. The smallest absolute Gasteiger partial charge is 0.254 e. The number of fused-ring (bicyclic) bond motifs is 1. The Morgan fingerprint density at radius 3 is 2.75 bits per heavy atom. The van der Waals surface area contributed by atoms with Crippen LogP contribution in [0, 0.1) is 12.7 Å². The van der Waals surface area contributed by atoms with Gasteiger partial charge in [0.25, 0.3) is 5.91 Å². The number of anilines is 2. The van der Waals surface area contributed by atoms with E-state index in [9.17, 15) is 9.18 Å². The first-order valence-electron chi connectivity index (χ1n) is 12.1. The molecule has 0 saturated carbocycles. The van der Waals surface area contributed by atoms with Gasteiger partial charge < -0.3 is 20.3 Å². The van der Waals surface area contributed by atoms with Crippen LogP contribution in [0.15, 0.2) is 48.9 Å². The molecule has 0 spiro atoms. The van der Waals surface area contributed by atoms with Crippen molar-refractivity contribution in [1.29, 1.82) is 0 Å². The summed E-state index contributed by atoms with van der Waals surface area (Å²) in [4.78, 5) is 24.0. The Labute approximate surface area is 209 Å². The Morgan fingerprint density at radius 1 is 1.19 bits per heavy atom. The first-order valence-corrected chi connectivity index (χ1v) is 12.1. The Morgan fingerprint density at radius 2 is 2.00 bits per heavy atom. The number of aromatic nitrogens is 3. The van der Waals surface area contributed by atoms with Crippen LogP contribution in [-0.4, -0.2) is 58.5 Å². The molecule has 0 radical (unpaired) electrons. The number of ether oxygens (including phenoxy) is 1. The predicted molar refractivity (Wildman–Crippen MR) is 138 cm³/mol. The number of piperazine rings is 1. The van der Waals surface area contributed by atoms with Crippen molar-refractivity contribution in [1.82, 2.24) is 24.6 Å². The van der Waals surface area contributed by atoms with Crippen LogP contribution in [0.25, 0.3) is 16.9 Å². The number of methoxy groups -OCH3 is 1. The van der Waals surface area contributed by atoms with Crippen molar-refractivity contribution in [3.63, 3.8) is 0 Å². The van der Waals surface area contributed by atoms with Gasteiger partial charge in [0.05, 0.1) is 19.0 Å². The number of hydrogen-bond donors (Lipinski definition) is 2. The average Bonchev–Trinajstić information content (AvgIpc) is 3.35. The lowest BCUT2D eigenvalue weighted by Crippen LogP contribution is -2.46. The molecule has 186 valence electrons. The van der Waals surface area contributed by atoms with E-state index in [0.29, 0.717) is 30.1 Å². The number of amides is 1. The third-order valence-corrected chi connectivity index (χ3v) is 6.66. The van der Waals surface area contributed by atoms with Crippen LogP contribution < -0.4 is 15.4 Å². The van der Waals surface area contributed by atoms with Gasteiger partial charge in [0.15, 0.2) is 23.0 Å². The molecule has 0 aliphatic carbocycles. The molecule has 0 atom stereocenters. The van der Waals surface area contributed by atoms with Crippen LogP contribution in [0.2, 0.25) is 0 Å². The van der Waals surface area contributed by atoms with Gasteiger partial charge in [-0.05, 0) is 54.8 Å². The molecule has 0 unspecified atom stereocenters. The average molecular weight is 489 g/mol. The summed E-state index contributed by atoms with van der Waals surface area (Å²) in [6.45, 7) is 6.84. The Balaban J connectivity index is 1.46. The molecule has 5 rings (SSSR count). The third kappa shape index (κ3) is 4.26. The second kappa shape index (κ2) is 9.94. The van der Waals surface area contributed by atoms with E-state index in [1.54, 1.807) is 31.6 Å². The maximum absolute atomic E-state index is 14.7. The van der Waals surface area contributed by atoms with Gasteiger partial charge >= 0.3 is 0 Å². The lowest BCUT2D eigenvalue weighted by Gasteiger charge is -2.28. The van der Waals surface area contributed by atoms with Crippen molar-refractivity contribution >= 4 is 23.1 Å². The zero-order valence-corrected chi connectivity index (χ0v) is 20.6. The summed E-state index contributed by atoms with van der Waals surface area (Å²) in [5.41, 5.74) is 5.10. The van der Waals surface area contributed by atoms with E-state index >= 15 is 0 Å². The van der Waals surface area contributed by atoms with E-state index in [-0.39, 0.29) is 17.5 Å². The Hall–Kier alpha value is -3.98. The minimum absolute atomic E-state index is 0.0696. The molecule has 2 aromatic heterocycles. The fourth-order valence-corrected chi connectivity index (χ4v) is 4.65. The van der Waals surface area contributed by atoms with Crippen molar-refractivity contribution in [3.05, 3.63) is 71.4 Å². The van der Waals surface area contributed by atoms with Crippen LogP contribution in [-0.2, 0) is 6.42 Å². The lowest BCUT2D eigenvalue weighted by atomic mass is 10.0. The highest BCUT2D eigenvalue weighted by Crippen LogP contribution is 2.32. The topological polar surface area (TPSA) is 83.8 Å². The number of rotatable bonds is 6. The van der Waals surface area contributed by atoms with E-state index in [1.165, 1.54) is 7.11 Å². The van der Waals surface area contributed by atoms with E-state index in [2.05, 4.69) is 20.6 Å². The van der Waals surface area contributed by atoms with E-state index in [0.717, 1.165) is 47.6 Å². The SMILES string of the molecule is CCc1cc(Nc2nccn3c(-c4ccc(OC)c(F)c4C)cnc23)ccc1C(=O)N1CCNCC1. The molecule has 9 heteroatoms. The van der Waals surface area contributed by atoms with Gasteiger partial charge in [-0.2, -0.15) is 0 Å². The molecule has 8 nitrogen and oxygen atoms in total. The number of imidazole rings is 1. The molecule has 1 aliphatic heterocycles. The van der Waals surface area contributed by atoms with Crippen molar-refractivity contribution in [3.8, 4) is 17.0 Å². The molecule has 1 amide bonds. The molecular weight excluding hydrogens is 459 g/mol. The van der Waals surface area contributed by atoms with Gasteiger partial charge in [-0.25, -0.2) is 14.4 Å². The van der Waals surface area contributed by atoms with Crippen molar-refractivity contribution in [2.24, 2.45) is 0 Å². The molecule has 1 aliphatic rings. The second-order valence-electron chi connectivity index (χ2n) is 8.76. The van der Waals surface area contributed by atoms with Gasteiger partial charge in [0, 0.05) is 55.4 Å². The van der Waals surface area contributed by atoms with E-state index in [4.69, 9.17) is 4.74 Å². The molecule has 1 saturated heterocycles. The number of nitrogens with zero attached hydrogens (tertiary/aromatic N) is 4. The van der Waals surface area contributed by atoms with Gasteiger partial charge in [0.1, 0.15) is 0 Å². The first kappa shape index (κ1) is 23.7. The van der Waals surface area contributed by atoms with Crippen LogP contribution in [0.1, 0.15) is 28.4 Å². The summed E-state index contributed by atoms with van der Waals surface area (Å²) in [7, 11) is 1.45. The van der Waals surface area contributed by atoms with Crippen molar-refractivity contribution < 1.29 is 13.9 Å². The van der Waals surface area contributed by atoms with Crippen LogP contribution in [0.5, 0.6) is 5.75 Å². The summed E-state index contributed by atoms with van der Waals surface area (Å²) in [6.07, 6.45) is 5.93. The summed E-state index contributed by atoms with van der Waals surface area (Å²) in [6, 6.07) is 9.22. The summed E-state index contributed by atoms with van der Waals surface area (Å²) in [5, 5.41) is 6.63. The van der Waals surface area contributed by atoms with Gasteiger partial charge in [-0.3, -0.25) is 9.20 Å². The number of nitrogens with one attached hydrogen (secondary N) is 2. The molecule has 4 aromatic rings. The van der Waals surface area contributed by atoms with Crippen LogP contribution >= 0.6 is 0 Å². The molecule has 0 bridgehead atoms. The second-order valence-corrected chi connectivity index (χ2v) is 8.76. The maximum atomic E-state index is 14.7. The number of benzene rings is 2. The Kier molecular flexibility index (Phi) is 6.56. The third-order valence-electron chi connectivity index (χ3n) is 6.66. The lowest BCUT2D eigenvalue weighted by molar-refractivity contribution is 0.0735. The normalized spacial score (nSPS) is 13.7. The number of aryl methyl sites for hydroxylation is 1. The zero-order chi connectivity index (χ0) is 25.2. The number of carbonyl (C=O) groups excluding carboxylic acids is 1. The molecule has 2 aromatic carbocycles. The molecular formula is C27H29FN6O2. The molecule has 1 fully saturated rings. The minimum atomic E-state index is -0.389. The fourth-order valence-electron chi connectivity index (χ4n) is 4.65. The summed E-state index contributed by atoms with van der Waals surface area (Å²) >= 11 is 0. The fraction of sp³-hybridized carbons (Fsp3) is 0.296. The van der Waals surface area contributed by atoms with Gasteiger partial charge in [-0.1, -0.05) is 6.92 Å². The van der Waals surface area contributed by atoms with Crippen LogP contribution in [0.4, 0.5) is 15.9 Å². The van der Waals surface area contributed by atoms with Crippen molar-refractivity contribution in [2.75, 3.05) is 38.6 Å². The Bertz CT molecular complexity index is 1430.